The first-order valence-corrected chi connectivity index (χ1v) is 10.9. The second kappa shape index (κ2) is 10.7. The van der Waals surface area contributed by atoms with Crippen molar-refractivity contribution in [1.82, 2.24) is 14.9 Å². The minimum Gasteiger partial charge on any atom is -0.383 e. The number of nitrogens with one attached hydrogen (secondary N) is 1. The maximum Gasteiger partial charge on any atom is 0.161 e. The molecule has 0 saturated heterocycles. The molecule has 1 saturated carbocycles. The van der Waals surface area contributed by atoms with Crippen LogP contribution in [0.25, 0.3) is 22.5 Å². The van der Waals surface area contributed by atoms with Crippen LogP contribution < -0.4 is 5.32 Å². The summed E-state index contributed by atoms with van der Waals surface area (Å²) in [5.41, 5.74) is 5.14. The summed E-state index contributed by atoms with van der Waals surface area (Å²) >= 11 is 0. The van der Waals surface area contributed by atoms with Gasteiger partial charge in [0.25, 0.3) is 0 Å². The summed E-state index contributed by atoms with van der Waals surface area (Å²) in [6, 6.07) is 8.76. The normalized spacial score (nSPS) is 15.5. The van der Waals surface area contributed by atoms with Crippen LogP contribution in [-0.4, -0.2) is 48.3 Å². The number of hydrogen-bond donors (Lipinski definition) is 1. The summed E-state index contributed by atoms with van der Waals surface area (Å²) in [6.45, 7) is 5.98. The van der Waals surface area contributed by atoms with E-state index >= 15 is 0 Å². The molecule has 1 aliphatic rings. The fraction of sp³-hybridized carbons (Fsp3) is 0.346. The predicted octanol–water partition coefficient (Wildman–Crippen LogP) is 5.69. The van der Waals surface area contributed by atoms with Crippen LogP contribution >= 0.6 is 0 Å². The quantitative estimate of drug-likeness (QED) is 0.444. The number of nitrogens with zero attached hydrogens (tertiary/aromatic N) is 4. The number of benzene rings is 1. The Morgan fingerprint density at radius 3 is 2.65 bits per heavy atom. The first-order chi connectivity index (χ1) is 15.0. The molecule has 0 bridgehead atoms. The van der Waals surface area contributed by atoms with Crippen molar-refractivity contribution in [2.24, 2.45) is 4.99 Å². The molecule has 0 radical (unpaired) electrons. The molecule has 1 fully saturated rings. The number of aliphatic imine (C=N–C) groups is 1. The van der Waals surface area contributed by atoms with E-state index in [0.717, 1.165) is 33.7 Å². The Balaban J connectivity index is 2.04. The van der Waals surface area contributed by atoms with Gasteiger partial charge in [-0.05, 0) is 37.0 Å². The maximum atomic E-state index is 4.96. The Labute approximate surface area is 186 Å². The Kier molecular flexibility index (Phi) is 7.76. The zero-order valence-corrected chi connectivity index (χ0v) is 19.1. The van der Waals surface area contributed by atoms with E-state index in [0.29, 0.717) is 11.9 Å². The molecule has 0 amide bonds. The third kappa shape index (κ3) is 5.69. The second-order valence-electron chi connectivity index (χ2n) is 8.05. The largest absolute Gasteiger partial charge is 0.383 e. The van der Waals surface area contributed by atoms with E-state index in [1.54, 1.807) is 7.05 Å². The highest BCUT2D eigenvalue weighted by molar-refractivity contribution is 6.11. The fourth-order valence-corrected chi connectivity index (χ4v) is 3.91. The van der Waals surface area contributed by atoms with Gasteiger partial charge in [0.1, 0.15) is 5.82 Å². The van der Waals surface area contributed by atoms with E-state index in [2.05, 4.69) is 41.3 Å². The molecule has 2 aromatic rings. The Morgan fingerprint density at radius 1 is 1.23 bits per heavy atom. The average Bonchev–Trinajstić information content (AvgIpc) is 3.29. The van der Waals surface area contributed by atoms with E-state index in [-0.39, 0.29) is 0 Å². The first kappa shape index (κ1) is 22.5. The molecule has 1 aliphatic carbocycles. The van der Waals surface area contributed by atoms with Gasteiger partial charge in [-0.15, -0.1) is 0 Å². The average molecular weight is 416 g/mol. The van der Waals surface area contributed by atoms with Crippen molar-refractivity contribution in [2.75, 3.05) is 26.5 Å². The molecule has 1 heterocycles. The topological polar surface area (TPSA) is 53.4 Å². The SMILES string of the molecule is C=C/C(=C\N(C)C)c1cccc(-c2ncc(/C(C=NC)=C/C)c(NC3CCCC3)n2)c1. The van der Waals surface area contributed by atoms with E-state index in [9.17, 15) is 0 Å². The summed E-state index contributed by atoms with van der Waals surface area (Å²) in [5.74, 6) is 1.59. The van der Waals surface area contributed by atoms with Crippen LogP contribution in [0.2, 0.25) is 0 Å². The van der Waals surface area contributed by atoms with Gasteiger partial charge in [-0.25, -0.2) is 9.97 Å². The van der Waals surface area contributed by atoms with Gasteiger partial charge in [-0.3, -0.25) is 4.99 Å². The van der Waals surface area contributed by atoms with Crippen molar-refractivity contribution >= 4 is 23.2 Å². The molecule has 3 rings (SSSR count). The number of hydrogen-bond acceptors (Lipinski definition) is 5. The van der Waals surface area contributed by atoms with E-state index < -0.39 is 0 Å². The van der Waals surface area contributed by atoms with E-state index in [1.165, 1.54) is 25.7 Å². The molecule has 1 aromatic heterocycles. The van der Waals surface area contributed by atoms with Crippen LogP contribution in [0.5, 0.6) is 0 Å². The Morgan fingerprint density at radius 2 is 2.00 bits per heavy atom. The van der Waals surface area contributed by atoms with Gasteiger partial charge in [0.15, 0.2) is 5.82 Å². The molecule has 0 spiro atoms. The smallest absolute Gasteiger partial charge is 0.161 e. The number of anilines is 1. The third-order valence-electron chi connectivity index (χ3n) is 5.45. The molecule has 1 N–H and O–H groups in total. The zero-order valence-electron chi connectivity index (χ0n) is 19.1. The van der Waals surface area contributed by atoms with Crippen molar-refractivity contribution < 1.29 is 0 Å². The van der Waals surface area contributed by atoms with Crippen LogP contribution in [0.3, 0.4) is 0 Å². The van der Waals surface area contributed by atoms with Crippen molar-refractivity contribution in [1.29, 1.82) is 0 Å². The summed E-state index contributed by atoms with van der Waals surface area (Å²) in [7, 11) is 5.80. The van der Waals surface area contributed by atoms with Gasteiger partial charge in [0.2, 0.25) is 0 Å². The maximum absolute atomic E-state index is 4.96. The first-order valence-electron chi connectivity index (χ1n) is 10.9. The summed E-state index contributed by atoms with van der Waals surface area (Å²) in [5, 5.41) is 3.68. The Bertz CT molecular complexity index is 995. The van der Waals surface area contributed by atoms with Gasteiger partial charge >= 0.3 is 0 Å². The van der Waals surface area contributed by atoms with E-state index in [1.807, 2.05) is 56.5 Å². The highest BCUT2D eigenvalue weighted by atomic mass is 15.1. The Hall–Kier alpha value is -3.21. The van der Waals surface area contributed by atoms with Crippen LogP contribution in [0, 0.1) is 0 Å². The molecular formula is C26H33N5. The molecule has 0 atom stereocenters. The zero-order chi connectivity index (χ0) is 22.2. The van der Waals surface area contributed by atoms with Gasteiger partial charge in [0, 0.05) is 62.5 Å². The molecule has 31 heavy (non-hydrogen) atoms. The summed E-state index contributed by atoms with van der Waals surface area (Å²) in [6.07, 6.45) is 14.6. The lowest BCUT2D eigenvalue weighted by molar-refractivity contribution is 0.566. The standard InChI is InChI=1S/C26H33N5/c1-6-19(16-27-3)24-17-28-25(30-26(24)29-23-13-8-9-14-23)22-12-10-11-21(15-22)20(7-2)18-31(4)5/h6-7,10-12,15-18,23H,2,8-9,13-14H2,1,3-5H3,(H,28,29,30)/b19-6+,20-18+,27-16?. The van der Waals surface area contributed by atoms with Gasteiger partial charge in [-0.1, -0.05) is 49.8 Å². The lowest BCUT2D eigenvalue weighted by Gasteiger charge is -2.17. The number of rotatable bonds is 8. The predicted molar refractivity (Wildman–Crippen MR) is 133 cm³/mol. The fourth-order valence-electron chi connectivity index (χ4n) is 3.91. The number of aromatic nitrogens is 2. The second-order valence-corrected chi connectivity index (χ2v) is 8.05. The molecule has 5 nitrogen and oxygen atoms in total. The summed E-state index contributed by atoms with van der Waals surface area (Å²) < 4.78 is 0. The van der Waals surface area contributed by atoms with Gasteiger partial charge in [-0.2, -0.15) is 0 Å². The van der Waals surface area contributed by atoms with Crippen LogP contribution in [0.1, 0.15) is 43.7 Å². The molecule has 5 heteroatoms. The molecule has 0 aliphatic heterocycles. The lowest BCUT2D eigenvalue weighted by Crippen LogP contribution is -2.17. The monoisotopic (exact) mass is 415 g/mol. The van der Waals surface area contributed by atoms with E-state index in [4.69, 9.17) is 9.97 Å². The molecule has 1 aromatic carbocycles. The highest BCUT2D eigenvalue weighted by Gasteiger charge is 2.19. The highest BCUT2D eigenvalue weighted by Crippen LogP contribution is 2.29. The number of allylic oxidation sites excluding steroid dienone is 4. The lowest BCUT2D eigenvalue weighted by atomic mass is 10.0. The minimum absolute atomic E-state index is 0.458. The van der Waals surface area contributed by atoms with Crippen LogP contribution in [0.4, 0.5) is 5.82 Å². The van der Waals surface area contributed by atoms with Crippen LogP contribution in [-0.2, 0) is 0 Å². The molecule has 162 valence electrons. The van der Waals surface area contributed by atoms with Crippen molar-refractivity contribution in [3.8, 4) is 11.4 Å². The van der Waals surface area contributed by atoms with Crippen molar-refractivity contribution in [3.05, 3.63) is 66.5 Å². The van der Waals surface area contributed by atoms with Crippen LogP contribution in [0.15, 0.2) is 60.4 Å². The van der Waals surface area contributed by atoms with Crippen molar-refractivity contribution in [3.63, 3.8) is 0 Å². The summed E-state index contributed by atoms with van der Waals surface area (Å²) in [4.78, 5) is 15.9. The minimum atomic E-state index is 0.458. The van der Waals surface area contributed by atoms with Gasteiger partial charge in [0.05, 0.1) is 0 Å². The van der Waals surface area contributed by atoms with Gasteiger partial charge < -0.3 is 10.2 Å². The molecular weight excluding hydrogens is 382 g/mol. The molecule has 0 unspecified atom stereocenters. The van der Waals surface area contributed by atoms with Crippen molar-refractivity contribution in [2.45, 2.75) is 38.6 Å². The third-order valence-corrected chi connectivity index (χ3v) is 5.45.